The second kappa shape index (κ2) is 4.14. The van der Waals surface area contributed by atoms with Crippen molar-refractivity contribution in [1.29, 1.82) is 5.41 Å². The van der Waals surface area contributed by atoms with E-state index in [0.29, 0.717) is 5.17 Å². The Hall–Kier alpha value is -1.17. The van der Waals surface area contributed by atoms with Crippen molar-refractivity contribution in [2.45, 2.75) is 21.3 Å². The number of carbonyl (C=O) groups is 1. The Morgan fingerprint density at radius 1 is 1.60 bits per heavy atom. The first kappa shape index (κ1) is 11.9. The number of amides is 1. The maximum absolute atomic E-state index is 11.6. The predicted octanol–water partition coefficient (Wildman–Crippen LogP) is 1.76. The van der Waals surface area contributed by atoms with Crippen LogP contribution in [0.15, 0.2) is 10.1 Å². The fourth-order valence-corrected chi connectivity index (χ4v) is 2.09. The number of thioether (sulfide) groups is 1. The van der Waals surface area contributed by atoms with Gasteiger partial charge in [-0.2, -0.15) is 15.1 Å². The summed E-state index contributed by atoms with van der Waals surface area (Å²) in [5.74, 6) is -0.360. The first-order valence-corrected chi connectivity index (χ1v) is 5.19. The SMILES string of the molecule is C.CC(C)C1C(=N)N2N=CSC2=NC1=O. The largest absolute Gasteiger partial charge is 0.286 e. The minimum Gasteiger partial charge on any atom is -0.286 e. The lowest BCUT2D eigenvalue weighted by Crippen LogP contribution is -2.43. The highest BCUT2D eigenvalue weighted by atomic mass is 32.2. The van der Waals surface area contributed by atoms with E-state index in [1.165, 1.54) is 16.8 Å². The van der Waals surface area contributed by atoms with Crippen LogP contribution in [0.1, 0.15) is 21.3 Å². The van der Waals surface area contributed by atoms with Gasteiger partial charge in [-0.1, -0.05) is 21.3 Å². The average Bonchev–Trinajstić information content (AvgIpc) is 2.50. The highest BCUT2D eigenvalue weighted by Gasteiger charge is 2.38. The lowest BCUT2D eigenvalue weighted by molar-refractivity contribution is -0.121. The number of hydrogen-bond acceptors (Lipinski definition) is 4. The molecule has 15 heavy (non-hydrogen) atoms. The summed E-state index contributed by atoms with van der Waals surface area (Å²) >= 11 is 1.27. The smallest absolute Gasteiger partial charge is 0.259 e. The van der Waals surface area contributed by atoms with Gasteiger partial charge in [0.25, 0.3) is 5.91 Å². The normalized spacial score (nSPS) is 24.1. The maximum Gasteiger partial charge on any atom is 0.259 e. The topological polar surface area (TPSA) is 68.9 Å². The van der Waals surface area contributed by atoms with Crippen molar-refractivity contribution in [2.75, 3.05) is 0 Å². The lowest BCUT2D eigenvalue weighted by Gasteiger charge is -2.27. The molecule has 2 rings (SSSR count). The van der Waals surface area contributed by atoms with Crippen LogP contribution in [0.3, 0.4) is 0 Å². The van der Waals surface area contributed by atoms with Crippen molar-refractivity contribution in [3.05, 3.63) is 0 Å². The van der Waals surface area contributed by atoms with Crippen LogP contribution in [0.2, 0.25) is 0 Å². The van der Waals surface area contributed by atoms with Crippen LogP contribution < -0.4 is 0 Å². The molecule has 82 valence electrons. The molecule has 1 amide bonds. The molecule has 2 aliphatic rings. The Labute approximate surface area is 93.1 Å². The summed E-state index contributed by atoms with van der Waals surface area (Å²) < 4.78 is 0. The zero-order valence-corrected chi connectivity index (χ0v) is 8.71. The molecule has 0 aliphatic carbocycles. The molecule has 0 saturated heterocycles. The molecule has 0 aromatic heterocycles. The van der Waals surface area contributed by atoms with Gasteiger partial charge >= 0.3 is 0 Å². The predicted molar refractivity (Wildman–Crippen MR) is 63.1 cm³/mol. The van der Waals surface area contributed by atoms with E-state index in [-0.39, 0.29) is 25.1 Å². The Morgan fingerprint density at radius 2 is 2.27 bits per heavy atom. The minimum atomic E-state index is -0.449. The van der Waals surface area contributed by atoms with Gasteiger partial charge in [-0.25, -0.2) is 0 Å². The van der Waals surface area contributed by atoms with E-state index in [0.717, 1.165) is 0 Å². The number of nitrogens with zero attached hydrogens (tertiary/aromatic N) is 3. The van der Waals surface area contributed by atoms with Crippen LogP contribution in [0.25, 0.3) is 0 Å². The van der Waals surface area contributed by atoms with E-state index in [2.05, 4.69) is 10.1 Å². The molecular weight excluding hydrogens is 212 g/mol. The fraction of sp³-hybridized carbons (Fsp3) is 0.556. The number of aliphatic imine (C=N–C) groups is 1. The Balaban J connectivity index is 0.00000112. The van der Waals surface area contributed by atoms with Crippen molar-refractivity contribution < 1.29 is 4.79 Å². The van der Waals surface area contributed by atoms with Gasteiger partial charge in [0.1, 0.15) is 11.8 Å². The van der Waals surface area contributed by atoms with Gasteiger partial charge < -0.3 is 0 Å². The molecule has 0 saturated carbocycles. The fourth-order valence-electron chi connectivity index (χ4n) is 1.47. The molecular formula is C9H14N4OS. The number of nitrogens with one attached hydrogen (secondary N) is 1. The van der Waals surface area contributed by atoms with Crippen molar-refractivity contribution in [1.82, 2.24) is 5.01 Å². The van der Waals surface area contributed by atoms with E-state index in [1.54, 1.807) is 5.55 Å². The maximum atomic E-state index is 11.6. The molecule has 0 fully saturated rings. The molecule has 2 heterocycles. The van der Waals surface area contributed by atoms with E-state index in [9.17, 15) is 4.79 Å². The molecule has 1 atom stereocenters. The molecule has 0 spiro atoms. The van der Waals surface area contributed by atoms with Gasteiger partial charge in [0.2, 0.25) is 0 Å². The number of hydrazone groups is 1. The van der Waals surface area contributed by atoms with Gasteiger partial charge in [0, 0.05) is 0 Å². The third-order valence-electron chi connectivity index (χ3n) is 2.16. The lowest BCUT2D eigenvalue weighted by atomic mass is 9.93. The zero-order chi connectivity index (χ0) is 10.3. The molecule has 1 N–H and O–H groups in total. The van der Waals surface area contributed by atoms with Crippen molar-refractivity contribution in [3.8, 4) is 0 Å². The average molecular weight is 226 g/mol. The van der Waals surface area contributed by atoms with Crippen molar-refractivity contribution in [2.24, 2.45) is 21.9 Å². The summed E-state index contributed by atoms with van der Waals surface area (Å²) in [5, 5.41) is 13.7. The highest BCUT2D eigenvalue weighted by Crippen LogP contribution is 2.27. The molecule has 1 unspecified atom stereocenters. The molecule has 2 aliphatic heterocycles. The molecule has 0 aromatic rings. The molecule has 5 nitrogen and oxygen atoms in total. The first-order chi connectivity index (χ1) is 6.61. The van der Waals surface area contributed by atoms with Crippen LogP contribution >= 0.6 is 11.8 Å². The Morgan fingerprint density at radius 3 is 2.87 bits per heavy atom. The molecule has 0 bridgehead atoms. The second-order valence-corrected chi connectivity index (χ2v) is 4.30. The van der Waals surface area contributed by atoms with Gasteiger partial charge in [-0.05, 0) is 17.7 Å². The third-order valence-corrected chi connectivity index (χ3v) is 2.84. The monoisotopic (exact) mass is 226 g/mol. The van der Waals surface area contributed by atoms with Gasteiger partial charge in [0.05, 0.1) is 5.55 Å². The van der Waals surface area contributed by atoms with Crippen molar-refractivity contribution >= 4 is 34.2 Å². The standard InChI is InChI=1S/C8H10N4OS.CH4/c1-4(2)5-6(9)12-8(11-7(5)13)14-3-10-12;/h3-5,9H,1-2H3;1H4. The van der Waals surface area contributed by atoms with Crippen LogP contribution in [0.4, 0.5) is 0 Å². The summed E-state index contributed by atoms with van der Waals surface area (Å²) in [5.41, 5.74) is 1.59. The molecule has 0 radical (unpaired) electrons. The minimum absolute atomic E-state index is 0. The Bertz CT molecular complexity index is 361. The van der Waals surface area contributed by atoms with Gasteiger partial charge in [-0.3, -0.25) is 10.2 Å². The second-order valence-electron chi connectivity index (χ2n) is 3.49. The van der Waals surface area contributed by atoms with E-state index in [1.807, 2.05) is 13.8 Å². The van der Waals surface area contributed by atoms with Gasteiger partial charge in [0.15, 0.2) is 5.17 Å². The van der Waals surface area contributed by atoms with Crippen LogP contribution in [-0.2, 0) is 4.79 Å². The van der Waals surface area contributed by atoms with Crippen LogP contribution in [0, 0.1) is 17.2 Å². The number of carbonyl (C=O) groups excluding carboxylic acids is 1. The van der Waals surface area contributed by atoms with Crippen LogP contribution in [-0.4, -0.2) is 27.5 Å². The van der Waals surface area contributed by atoms with E-state index in [4.69, 9.17) is 5.41 Å². The van der Waals surface area contributed by atoms with Gasteiger partial charge in [-0.15, -0.1) is 0 Å². The van der Waals surface area contributed by atoms with Crippen molar-refractivity contribution in [3.63, 3.8) is 0 Å². The van der Waals surface area contributed by atoms with E-state index < -0.39 is 5.92 Å². The van der Waals surface area contributed by atoms with Crippen LogP contribution in [0.5, 0.6) is 0 Å². The number of rotatable bonds is 1. The number of fused-ring (bicyclic) bond motifs is 1. The summed E-state index contributed by atoms with van der Waals surface area (Å²) in [4.78, 5) is 15.5. The highest BCUT2D eigenvalue weighted by molar-refractivity contribution is 8.25. The first-order valence-electron chi connectivity index (χ1n) is 4.31. The summed E-state index contributed by atoms with van der Waals surface area (Å²) in [7, 11) is 0. The molecule has 6 heteroatoms. The quantitative estimate of drug-likeness (QED) is 0.740. The summed E-state index contributed by atoms with van der Waals surface area (Å²) in [6.07, 6.45) is 0. The number of hydrogen-bond donors (Lipinski definition) is 1. The summed E-state index contributed by atoms with van der Waals surface area (Å²) in [6.45, 7) is 3.81. The number of amidine groups is 2. The summed E-state index contributed by atoms with van der Waals surface area (Å²) in [6, 6.07) is 0. The zero-order valence-electron chi connectivity index (χ0n) is 7.89. The molecule has 0 aromatic carbocycles. The van der Waals surface area contributed by atoms with E-state index >= 15 is 0 Å². The Kier molecular flexibility index (Phi) is 3.28. The third kappa shape index (κ3) is 1.81.